The minimum atomic E-state index is -1.16. The number of hydrogen-bond donors (Lipinski definition) is 1. The van der Waals surface area contributed by atoms with E-state index in [4.69, 9.17) is 28.4 Å². The maximum Gasteiger partial charge on any atom is 0.351 e. The van der Waals surface area contributed by atoms with E-state index in [2.05, 4.69) is 14.9 Å². The van der Waals surface area contributed by atoms with E-state index in [9.17, 15) is 9.90 Å². The van der Waals surface area contributed by atoms with Gasteiger partial charge in [0.2, 0.25) is 0 Å². The second-order valence-electron chi connectivity index (χ2n) is 12.7. The van der Waals surface area contributed by atoms with Gasteiger partial charge in [-0.15, -0.1) is 0 Å². The summed E-state index contributed by atoms with van der Waals surface area (Å²) in [7, 11) is 6.80. The maximum absolute atomic E-state index is 13.6. The molecule has 1 N–H and O–H groups in total. The number of likely N-dealkylation sites (tertiary alicyclic amines) is 1. The number of aliphatic imine (C=N–C) groups is 1. The van der Waals surface area contributed by atoms with Crippen molar-refractivity contribution in [2.24, 2.45) is 4.99 Å². The number of aromatic nitrogens is 2. The molecule has 12 heteroatoms. The third kappa shape index (κ3) is 7.56. The van der Waals surface area contributed by atoms with E-state index in [-0.39, 0.29) is 13.2 Å². The summed E-state index contributed by atoms with van der Waals surface area (Å²) in [6, 6.07) is 25.3. The van der Waals surface area contributed by atoms with Crippen LogP contribution in [-0.2, 0) is 24.5 Å². The Bertz CT molecular complexity index is 1780. The highest BCUT2D eigenvalue weighted by molar-refractivity contribution is 5.86. The molecule has 0 radical (unpaired) electrons. The fraction of sp³-hybridized carbons (Fsp3) is 0.410. The molecule has 0 bridgehead atoms. The highest BCUT2D eigenvalue weighted by atomic mass is 16.6. The van der Waals surface area contributed by atoms with Gasteiger partial charge in [-0.25, -0.2) is 9.79 Å². The fourth-order valence-electron chi connectivity index (χ4n) is 6.72. The van der Waals surface area contributed by atoms with Crippen molar-refractivity contribution in [3.63, 3.8) is 0 Å². The van der Waals surface area contributed by atoms with E-state index in [0.717, 1.165) is 41.9 Å². The van der Waals surface area contributed by atoms with E-state index in [1.807, 2.05) is 92.8 Å². The average molecular weight is 699 g/mol. The third-order valence-electron chi connectivity index (χ3n) is 9.50. The van der Waals surface area contributed by atoms with Crippen molar-refractivity contribution in [2.45, 2.75) is 49.9 Å². The minimum Gasteiger partial charge on any atom is -0.497 e. The van der Waals surface area contributed by atoms with Crippen LogP contribution < -0.4 is 15.2 Å². The molecule has 2 aliphatic rings. The second-order valence-corrected chi connectivity index (χ2v) is 12.7. The van der Waals surface area contributed by atoms with Crippen LogP contribution >= 0.6 is 0 Å². The summed E-state index contributed by atoms with van der Waals surface area (Å²) in [5, 5.41) is 11.8. The van der Waals surface area contributed by atoms with E-state index in [1.165, 1.54) is 4.57 Å². The van der Waals surface area contributed by atoms with Gasteiger partial charge in [0.25, 0.3) is 0 Å². The molecule has 12 nitrogen and oxygen atoms in total. The van der Waals surface area contributed by atoms with Crippen LogP contribution in [0.4, 0.5) is 5.82 Å². The molecular formula is C39H46N4O8. The lowest BCUT2D eigenvalue weighted by Crippen LogP contribution is -2.41. The number of methoxy groups -OCH3 is 3. The monoisotopic (exact) mass is 698 g/mol. The minimum absolute atomic E-state index is 0.0615. The van der Waals surface area contributed by atoms with Crippen LogP contribution in [0.3, 0.4) is 0 Å². The van der Waals surface area contributed by atoms with Crippen LogP contribution in [0.25, 0.3) is 0 Å². The molecule has 0 spiro atoms. The summed E-state index contributed by atoms with van der Waals surface area (Å²) in [5.74, 6) is 2.66. The Labute approximate surface area is 298 Å². The predicted octanol–water partition coefficient (Wildman–Crippen LogP) is 4.62. The molecule has 2 fully saturated rings. The summed E-state index contributed by atoms with van der Waals surface area (Å²) >= 11 is 0. The summed E-state index contributed by atoms with van der Waals surface area (Å²) in [5.41, 5.74) is 1.51. The number of aliphatic hydroxyl groups is 1. The van der Waals surface area contributed by atoms with E-state index >= 15 is 0 Å². The van der Waals surface area contributed by atoms with Crippen molar-refractivity contribution < 1.29 is 33.5 Å². The summed E-state index contributed by atoms with van der Waals surface area (Å²) in [6.07, 6.45) is -0.460. The molecule has 2 saturated heterocycles. The molecule has 4 atom stereocenters. The summed E-state index contributed by atoms with van der Waals surface area (Å²) < 4.78 is 37.2. The SMILES string of the molecule is COCCOC1C(O)C(COC(c2ccccc2)(c2ccc(OC)cc2)c2ccc(OC)cc2)OC1n1cc(C)c(N=C2CCCN2C)nc1=O. The van der Waals surface area contributed by atoms with Crippen LogP contribution in [0, 0.1) is 6.92 Å². The molecule has 3 heterocycles. The van der Waals surface area contributed by atoms with Gasteiger partial charge >= 0.3 is 5.69 Å². The molecule has 3 aromatic carbocycles. The predicted molar refractivity (Wildman–Crippen MR) is 192 cm³/mol. The lowest BCUT2D eigenvalue weighted by atomic mass is 9.80. The Morgan fingerprint density at radius 2 is 1.55 bits per heavy atom. The van der Waals surface area contributed by atoms with E-state index in [0.29, 0.717) is 29.5 Å². The van der Waals surface area contributed by atoms with Crippen molar-refractivity contribution in [1.29, 1.82) is 0 Å². The molecule has 0 saturated carbocycles. The number of nitrogens with zero attached hydrogens (tertiary/aromatic N) is 4. The molecule has 0 aliphatic carbocycles. The largest absolute Gasteiger partial charge is 0.497 e. The lowest BCUT2D eigenvalue weighted by molar-refractivity contribution is -0.0994. The average Bonchev–Trinajstić information content (AvgIpc) is 3.71. The standard InChI is InChI=1S/C39H46N4O8/c1-26-24-43(38(45)41-36(26)40-33-12-9-21-42(33)2)37-35(49-23-22-46-3)34(44)32(51-37)25-50-39(27-10-7-6-8-11-27,28-13-17-30(47-4)18-14-28)29-15-19-31(48-5)20-16-29/h6-8,10-11,13-20,24,32,34-35,37,44H,9,12,21-23,25H2,1-5H3. The zero-order valence-electron chi connectivity index (χ0n) is 29.7. The van der Waals surface area contributed by atoms with Crippen LogP contribution in [0.1, 0.15) is 41.3 Å². The number of aliphatic hydroxyl groups excluding tert-OH is 1. The fourth-order valence-corrected chi connectivity index (χ4v) is 6.72. The van der Waals surface area contributed by atoms with Crippen molar-refractivity contribution in [3.05, 3.63) is 118 Å². The van der Waals surface area contributed by atoms with Gasteiger partial charge in [0.05, 0.1) is 34.0 Å². The third-order valence-corrected chi connectivity index (χ3v) is 9.50. The first-order valence-corrected chi connectivity index (χ1v) is 17.1. The zero-order valence-corrected chi connectivity index (χ0v) is 29.7. The lowest BCUT2D eigenvalue weighted by Gasteiger charge is -2.37. The number of amidine groups is 1. The van der Waals surface area contributed by atoms with Gasteiger partial charge in [0.1, 0.15) is 41.2 Å². The van der Waals surface area contributed by atoms with Crippen LogP contribution in [0.15, 0.2) is 94.8 Å². The first-order chi connectivity index (χ1) is 24.8. The zero-order chi connectivity index (χ0) is 36.0. The topological polar surface area (TPSA) is 126 Å². The van der Waals surface area contributed by atoms with Gasteiger partial charge in [-0.1, -0.05) is 54.6 Å². The molecule has 4 aromatic rings. The molecule has 0 amide bonds. The van der Waals surface area contributed by atoms with Crippen molar-refractivity contribution in [3.8, 4) is 11.5 Å². The molecule has 1 aromatic heterocycles. The summed E-state index contributed by atoms with van der Waals surface area (Å²) in [4.78, 5) is 24.7. The van der Waals surface area contributed by atoms with Gasteiger partial charge < -0.3 is 38.4 Å². The smallest absolute Gasteiger partial charge is 0.351 e. The van der Waals surface area contributed by atoms with Crippen LogP contribution in [-0.4, -0.2) is 98.4 Å². The maximum atomic E-state index is 13.6. The van der Waals surface area contributed by atoms with Gasteiger partial charge in [0.15, 0.2) is 12.0 Å². The second kappa shape index (κ2) is 16.2. The Hall–Kier alpha value is -4.59. The highest BCUT2D eigenvalue weighted by Crippen LogP contribution is 2.43. The Morgan fingerprint density at radius 3 is 2.12 bits per heavy atom. The number of hydrogen-bond acceptors (Lipinski definition) is 10. The van der Waals surface area contributed by atoms with Gasteiger partial charge in [-0.05, 0) is 54.3 Å². The Balaban J connectivity index is 1.37. The van der Waals surface area contributed by atoms with E-state index < -0.39 is 35.8 Å². The Kier molecular flexibility index (Phi) is 11.5. The number of benzene rings is 3. The molecule has 51 heavy (non-hydrogen) atoms. The first-order valence-electron chi connectivity index (χ1n) is 17.1. The first kappa shape index (κ1) is 36.2. The van der Waals surface area contributed by atoms with Gasteiger partial charge in [-0.3, -0.25) is 4.57 Å². The quantitative estimate of drug-likeness (QED) is 0.147. The van der Waals surface area contributed by atoms with Gasteiger partial charge in [-0.2, -0.15) is 4.98 Å². The number of rotatable bonds is 14. The van der Waals surface area contributed by atoms with Crippen LogP contribution in [0.2, 0.25) is 0 Å². The number of ether oxygens (including phenoxy) is 6. The molecule has 6 rings (SSSR count). The van der Waals surface area contributed by atoms with E-state index in [1.54, 1.807) is 27.5 Å². The van der Waals surface area contributed by atoms with Crippen molar-refractivity contribution in [1.82, 2.24) is 14.5 Å². The number of aryl methyl sites for hydroxylation is 1. The summed E-state index contributed by atoms with van der Waals surface area (Å²) in [6.45, 7) is 3.17. The van der Waals surface area contributed by atoms with Crippen molar-refractivity contribution >= 4 is 11.7 Å². The molecule has 2 aliphatic heterocycles. The molecule has 270 valence electrons. The molecule has 4 unspecified atom stereocenters. The Morgan fingerprint density at radius 1 is 0.922 bits per heavy atom. The van der Waals surface area contributed by atoms with Gasteiger partial charge in [0, 0.05) is 38.9 Å². The highest BCUT2D eigenvalue weighted by Gasteiger charge is 2.48. The normalized spacial score (nSPS) is 21.4. The van der Waals surface area contributed by atoms with Crippen molar-refractivity contribution in [2.75, 3.05) is 54.7 Å². The molecular weight excluding hydrogens is 652 g/mol. The van der Waals surface area contributed by atoms with Crippen LogP contribution in [0.5, 0.6) is 11.5 Å².